The second-order valence-electron chi connectivity index (χ2n) is 4.32. The molecule has 1 unspecified atom stereocenters. The van der Waals surface area contributed by atoms with E-state index in [1.165, 1.54) is 25.7 Å². The van der Waals surface area contributed by atoms with Crippen molar-refractivity contribution in [2.75, 3.05) is 32.9 Å². The van der Waals surface area contributed by atoms with Gasteiger partial charge in [0.15, 0.2) is 0 Å². The fraction of sp³-hybridized carbons (Fsp3) is 1.00. The third-order valence-corrected chi connectivity index (χ3v) is 2.83. The molecule has 16 heavy (non-hydrogen) atoms. The SMILES string of the molecule is CCCCC(CC)COCCCNCCO. The van der Waals surface area contributed by atoms with Gasteiger partial charge in [-0.2, -0.15) is 0 Å². The molecule has 0 amide bonds. The maximum absolute atomic E-state index is 8.56. The zero-order valence-corrected chi connectivity index (χ0v) is 11.0. The van der Waals surface area contributed by atoms with Gasteiger partial charge in [0.1, 0.15) is 0 Å². The minimum atomic E-state index is 0.218. The van der Waals surface area contributed by atoms with Crippen LogP contribution in [0.5, 0.6) is 0 Å². The van der Waals surface area contributed by atoms with Crippen LogP contribution in [0.4, 0.5) is 0 Å². The van der Waals surface area contributed by atoms with E-state index in [1.807, 2.05) is 0 Å². The molecule has 98 valence electrons. The number of unbranched alkanes of at least 4 members (excludes halogenated alkanes) is 1. The summed E-state index contributed by atoms with van der Waals surface area (Å²) in [6.07, 6.45) is 6.16. The fourth-order valence-corrected chi connectivity index (χ4v) is 1.65. The van der Waals surface area contributed by atoms with Crippen LogP contribution in [0.2, 0.25) is 0 Å². The van der Waals surface area contributed by atoms with Crippen LogP contribution < -0.4 is 5.32 Å². The number of nitrogens with one attached hydrogen (secondary N) is 1. The Bertz CT molecular complexity index is 131. The van der Waals surface area contributed by atoms with Crippen LogP contribution in [0.15, 0.2) is 0 Å². The zero-order valence-electron chi connectivity index (χ0n) is 11.0. The third kappa shape index (κ3) is 10.4. The molecule has 0 bridgehead atoms. The van der Waals surface area contributed by atoms with Crippen molar-refractivity contribution >= 4 is 0 Å². The highest BCUT2D eigenvalue weighted by atomic mass is 16.5. The molecule has 2 N–H and O–H groups in total. The topological polar surface area (TPSA) is 41.5 Å². The number of hydrogen-bond acceptors (Lipinski definition) is 3. The van der Waals surface area contributed by atoms with Crippen LogP contribution >= 0.6 is 0 Å². The fourth-order valence-electron chi connectivity index (χ4n) is 1.65. The molecule has 0 aromatic rings. The van der Waals surface area contributed by atoms with Gasteiger partial charge in [0, 0.05) is 19.8 Å². The Morgan fingerprint density at radius 3 is 2.62 bits per heavy atom. The van der Waals surface area contributed by atoms with Crippen molar-refractivity contribution < 1.29 is 9.84 Å². The van der Waals surface area contributed by atoms with Crippen molar-refractivity contribution in [2.24, 2.45) is 5.92 Å². The van der Waals surface area contributed by atoms with Crippen molar-refractivity contribution in [3.8, 4) is 0 Å². The first-order valence-electron chi connectivity index (χ1n) is 6.74. The number of hydrogen-bond donors (Lipinski definition) is 2. The Morgan fingerprint density at radius 1 is 1.19 bits per heavy atom. The van der Waals surface area contributed by atoms with Gasteiger partial charge < -0.3 is 15.2 Å². The van der Waals surface area contributed by atoms with E-state index in [4.69, 9.17) is 9.84 Å². The van der Waals surface area contributed by atoms with Gasteiger partial charge >= 0.3 is 0 Å². The molecule has 3 heteroatoms. The van der Waals surface area contributed by atoms with Crippen molar-refractivity contribution in [3.05, 3.63) is 0 Å². The molecule has 0 fully saturated rings. The normalized spacial score (nSPS) is 12.9. The van der Waals surface area contributed by atoms with E-state index in [0.29, 0.717) is 6.54 Å². The summed E-state index contributed by atoms with van der Waals surface area (Å²) in [6, 6.07) is 0. The molecule has 0 rings (SSSR count). The van der Waals surface area contributed by atoms with Gasteiger partial charge in [0.2, 0.25) is 0 Å². The molecule has 0 aliphatic rings. The minimum Gasteiger partial charge on any atom is -0.395 e. The summed E-state index contributed by atoms with van der Waals surface area (Å²) in [5.41, 5.74) is 0. The Kier molecular flexibility index (Phi) is 12.9. The maximum atomic E-state index is 8.56. The van der Waals surface area contributed by atoms with Gasteiger partial charge in [-0.05, 0) is 25.3 Å². The average molecular weight is 231 g/mol. The van der Waals surface area contributed by atoms with E-state index >= 15 is 0 Å². The Labute approximate surface area is 101 Å². The van der Waals surface area contributed by atoms with E-state index < -0.39 is 0 Å². The summed E-state index contributed by atoms with van der Waals surface area (Å²) in [7, 11) is 0. The monoisotopic (exact) mass is 231 g/mol. The molecule has 0 saturated carbocycles. The number of aliphatic hydroxyl groups excluding tert-OH is 1. The van der Waals surface area contributed by atoms with Crippen LogP contribution in [-0.2, 0) is 4.74 Å². The van der Waals surface area contributed by atoms with Crippen LogP contribution in [0.3, 0.4) is 0 Å². The van der Waals surface area contributed by atoms with E-state index in [2.05, 4.69) is 19.2 Å². The van der Waals surface area contributed by atoms with Gasteiger partial charge in [-0.3, -0.25) is 0 Å². The highest BCUT2D eigenvalue weighted by molar-refractivity contribution is 4.56. The molecule has 0 heterocycles. The van der Waals surface area contributed by atoms with Crippen molar-refractivity contribution in [3.63, 3.8) is 0 Å². The summed E-state index contributed by atoms with van der Waals surface area (Å²) in [5.74, 6) is 0.741. The molecule has 0 radical (unpaired) electrons. The summed E-state index contributed by atoms with van der Waals surface area (Å²) in [6.45, 7) is 8.07. The van der Waals surface area contributed by atoms with Gasteiger partial charge in [-0.1, -0.05) is 33.1 Å². The first kappa shape index (κ1) is 15.9. The molecule has 0 aliphatic carbocycles. The Balaban J connectivity index is 3.20. The number of rotatable bonds is 12. The lowest BCUT2D eigenvalue weighted by molar-refractivity contribution is 0.0920. The van der Waals surface area contributed by atoms with E-state index in [1.54, 1.807) is 0 Å². The first-order chi connectivity index (χ1) is 7.85. The van der Waals surface area contributed by atoms with E-state index in [0.717, 1.165) is 32.1 Å². The molecule has 3 nitrogen and oxygen atoms in total. The predicted octanol–water partition coefficient (Wildman–Crippen LogP) is 2.19. The summed E-state index contributed by atoms with van der Waals surface area (Å²) in [4.78, 5) is 0. The largest absolute Gasteiger partial charge is 0.395 e. The lowest BCUT2D eigenvalue weighted by Gasteiger charge is -2.14. The summed E-state index contributed by atoms with van der Waals surface area (Å²) < 4.78 is 5.66. The molecule has 0 aromatic carbocycles. The quantitative estimate of drug-likeness (QED) is 0.506. The molecule has 0 saturated heterocycles. The van der Waals surface area contributed by atoms with Crippen molar-refractivity contribution in [1.82, 2.24) is 5.32 Å². The molecule has 0 aliphatic heterocycles. The lowest BCUT2D eigenvalue weighted by atomic mass is 10.0. The molecular weight excluding hydrogens is 202 g/mol. The number of ether oxygens (including phenoxy) is 1. The van der Waals surface area contributed by atoms with Crippen molar-refractivity contribution in [2.45, 2.75) is 46.0 Å². The standard InChI is InChI=1S/C13H29NO2/c1-3-5-7-13(4-2)12-16-11-6-8-14-9-10-15/h13-15H,3-12H2,1-2H3. The van der Waals surface area contributed by atoms with Crippen LogP contribution in [0.1, 0.15) is 46.0 Å². The van der Waals surface area contributed by atoms with Gasteiger partial charge in [-0.25, -0.2) is 0 Å². The molecule has 0 spiro atoms. The molecule has 1 atom stereocenters. The van der Waals surface area contributed by atoms with E-state index in [-0.39, 0.29) is 6.61 Å². The van der Waals surface area contributed by atoms with Crippen LogP contribution in [-0.4, -0.2) is 38.0 Å². The smallest absolute Gasteiger partial charge is 0.0555 e. The van der Waals surface area contributed by atoms with Crippen molar-refractivity contribution in [1.29, 1.82) is 0 Å². The van der Waals surface area contributed by atoms with Crippen LogP contribution in [0, 0.1) is 5.92 Å². The Morgan fingerprint density at radius 2 is 2.00 bits per heavy atom. The Hall–Kier alpha value is -0.120. The second-order valence-corrected chi connectivity index (χ2v) is 4.32. The maximum Gasteiger partial charge on any atom is 0.0555 e. The van der Waals surface area contributed by atoms with Gasteiger partial charge in [0.05, 0.1) is 6.61 Å². The average Bonchev–Trinajstić information content (AvgIpc) is 2.32. The summed E-state index contributed by atoms with van der Waals surface area (Å²) >= 11 is 0. The predicted molar refractivity (Wildman–Crippen MR) is 68.7 cm³/mol. The summed E-state index contributed by atoms with van der Waals surface area (Å²) in [5, 5.41) is 11.7. The molecular formula is C13H29NO2. The highest BCUT2D eigenvalue weighted by Gasteiger charge is 2.05. The van der Waals surface area contributed by atoms with Crippen LogP contribution in [0.25, 0.3) is 0 Å². The zero-order chi connectivity index (χ0) is 12.1. The highest BCUT2D eigenvalue weighted by Crippen LogP contribution is 2.12. The van der Waals surface area contributed by atoms with Gasteiger partial charge in [-0.15, -0.1) is 0 Å². The molecule has 0 aromatic heterocycles. The first-order valence-corrected chi connectivity index (χ1v) is 6.74. The number of aliphatic hydroxyl groups is 1. The van der Waals surface area contributed by atoms with Gasteiger partial charge in [0.25, 0.3) is 0 Å². The lowest BCUT2D eigenvalue weighted by Crippen LogP contribution is -2.21. The van der Waals surface area contributed by atoms with E-state index in [9.17, 15) is 0 Å². The second kappa shape index (κ2) is 12.9. The third-order valence-electron chi connectivity index (χ3n) is 2.83. The minimum absolute atomic E-state index is 0.218.